The van der Waals surface area contributed by atoms with Crippen molar-refractivity contribution in [1.29, 1.82) is 0 Å². The standard InChI is InChI=1S/C14H20N2O/c1-17-13-6-4-5-11-12(7-8-15-14(11)13)16-9-2-3-10-16/h4-6,12,15H,2-3,7-10H2,1H3. The molecule has 0 aliphatic carbocycles. The van der Waals surface area contributed by atoms with E-state index in [-0.39, 0.29) is 0 Å². The fourth-order valence-corrected chi connectivity index (χ4v) is 3.11. The van der Waals surface area contributed by atoms with Gasteiger partial charge in [0.25, 0.3) is 0 Å². The molecule has 3 nitrogen and oxygen atoms in total. The van der Waals surface area contributed by atoms with E-state index in [9.17, 15) is 0 Å². The van der Waals surface area contributed by atoms with Gasteiger partial charge in [0.1, 0.15) is 5.75 Å². The van der Waals surface area contributed by atoms with Gasteiger partial charge in [0.05, 0.1) is 12.8 Å². The second-order valence-electron chi connectivity index (χ2n) is 4.90. The summed E-state index contributed by atoms with van der Waals surface area (Å²) < 4.78 is 5.44. The van der Waals surface area contributed by atoms with Crippen molar-refractivity contribution in [2.75, 3.05) is 32.1 Å². The van der Waals surface area contributed by atoms with E-state index in [1.54, 1.807) is 7.11 Å². The molecule has 1 aromatic rings. The van der Waals surface area contributed by atoms with Crippen LogP contribution in [0.5, 0.6) is 5.75 Å². The van der Waals surface area contributed by atoms with Crippen LogP contribution in [0.1, 0.15) is 30.9 Å². The summed E-state index contributed by atoms with van der Waals surface area (Å²) >= 11 is 0. The topological polar surface area (TPSA) is 24.5 Å². The van der Waals surface area contributed by atoms with Crippen molar-refractivity contribution in [3.05, 3.63) is 23.8 Å². The Morgan fingerprint density at radius 2 is 2.12 bits per heavy atom. The van der Waals surface area contributed by atoms with Crippen LogP contribution in [0.3, 0.4) is 0 Å². The predicted octanol–water partition coefficient (Wildman–Crippen LogP) is 2.65. The van der Waals surface area contributed by atoms with Crippen molar-refractivity contribution in [2.45, 2.75) is 25.3 Å². The van der Waals surface area contributed by atoms with E-state index in [1.807, 2.05) is 6.07 Å². The second kappa shape index (κ2) is 4.57. The summed E-state index contributed by atoms with van der Waals surface area (Å²) in [4.78, 5) is 2.62. The lowest BCUT2D eigenvalue weighted by Crippen LogP contribution is -2.31. The lowest BCUT2D eigenvalue weighted by atomic mass is 9.96. The molecule has 1 aromatic carbocycles. The number of likely N-dealkylation sites (tertiary alicyclic amines) is 1. The number of benzene rings is 1. The molecule has 0 amide bonds. The molecule has 2 aliphatic rings. The van der Waals surface area contributed by atoms with Gasteiger partial charge >= 0.3 is 0 Å². The summed E-state index contributed by atoms with van der Waals surface area (Å²) in [5, 5.41) is 3.48. The van der Waals surface area contributed by atoms with E-state index >= 15 is 0 Å². The Bertz CT molecular complexity index is 399. The number of nitrogens with zero attached hydrogens (tertiary/aromatic N) is 1. The molecule has 2 heterocycles. The summed E-state index contributed by atoms with van der Waals surface area (Å²) in [6.45, 7) is 3.55. The lowest BCUT2D eigenvalue weighted by Gasteiger charge is -2.34. The molecule has 0 spiro atoms. The van der Waals surface area contributed by atoms with Gasteiger partial charge in [0.2, 0.25) is 0 Å². The Hall–Kier alpha value is -1.22. The number of anilines is 1. The minimum Gasteiger partial charge on any atom is -0.495 e. The molecule has 92 valence electrons. The van der Waals surface area contributed by atoms with E-state index in [1.165, 1.54) is 43.6 Å². The van der Waals surface area contributed by atoms with Crippen LogP contribution in [0.2, 0.25) is 0 Å². The highest BCUT2D eigenvalue weighted by Gasteiger charge is 2.28. The van der Waals surface area contributed by atoms with Gasteiger partial charge < -0.3 is 10.1 Å². The van der Waals surface area contributed by atoms with Gasteiger partial charge in [-0.2, -0.15) is 0 Å². The third kappa shape index (κ3) is 1.89. The van der Waals surface area contributed by atoms with Gasteiger partial charge in [-0.1, -0.05) is 12.1 Å². The maximum absolute atomic E-state index is 5.44. The molecular weight excluding hydrogens is 212 g/mol. The molecule has 3 heteroatoms. The minimum absolute atomic E-state index is 0.587. The van der Waals surface area contributed by atoms with Gasteiger partial charge in [0.15, 0.2) is 0 Å². The van der Waals surface area contributed by atoms with Gasteiger partial charge in [0, 0.05) is 12.6 Å². The molecule has 17 heavy (non-hydrogen) atoms. The maximum Gasteiger partial charge on any atom is 0.142 e. The fraction of sp³-hybridized carbons (Fsp3) is 0.571. The Kier molecular flexibility index (Phi) is 2.93. The Labute approximate surface area is 103 Å². The monoisotopic (exact) mass is 232 g/mol. The van der Waals surface area contributed by atoms with Crippen molar-refractivity contribution in [3.8, 4) is 5.75 Å². The Morgan fingerprint density at radius 1 is 1.29 bits per heavy atom. The van der Waals surface area contributed by atoms with Crippen molar-refractivity contribution < 1.29 is 4.74 Å². The molecule has 1 unspecified atom stereocenters. The molecule has 1 fully saturated rings. The average molecular weight is 232 g/mol. The van der Waals surface area contributed by atoms with Gasteiger partial charge in [-0.05, 0) is 44.0 Å². The summed E-state index contributed by atoms with van der Waals surface area (Å²) in [7, 11) is 1.75. The highest BCUT2D eigenvalue weighted by Crippen LogP contribution is 2.40. The van der Waals surface area contributed by atoms with Crippen LogP contribution in [0.25, 0.3) is 0 Å². The lowest BCUT2D eigenvalue weighted by molar-refractivity contribution is 0.233. The summed E-state index contributed by atoms with van der Waals surface area (Å²) in [6, 6.07) is 6.97. The zero-order valence-corrected chi connectivity index (χ0v) is 10.4. The number of nitrogens with one attached hydrogen (secondary N) is 1. The van der Waals surface area contributed by atoms with Crippen molar-refractivity contribution in [1.82, 2.24) is 4.90 Å². The SMILES string of the molecule is COc1cccc2c1NCCC2N1CCCC1. The van der Waals surface area contributed by atoms with E-state index in [2.05, 4.69) is 22.3 Å². The van der Waals surface area contributed by atoms with E-state index in [4.69, 9.17) is 4.74 Å². The quantitative estimate of drug-likeness (QED) is 0.848. The van der Waals surface area contributed by atoms with Gasteiger partial charge in [-0.25, -0.2) is 0 Å². The zero-order valence-electron chi connectivity index (χ0n) is 10.4. The van der Waals surface area contributed by atoms with E-state index in [0.29, 0.717) is 6.04 Å². The molecule has 3 rings (SSSR count). The maximum atomic E-state index is 5.44. The van der Waals surface area contributed by atoms with Crippen molar-refractivity contribution >= 4 is 5.69 Å². The first-order valence-electron chi connectivity index (χ1n) is 6.55. The third-order valence-electron chi connectivity index (χ3n) is 3.94. The molecule has 0 saturated carbocycles. The summed E-state index contributed by atoms with van der Waals surface area (Å²) in [6.07, 6.45) is 3.91. The molecule has 0 bridgehead atoms. The average Bonchev–Trinajstić information content (AvgIpc) is 2.91. The minimum atomic E-state index is 0.587. The molecule has 1 N–H and O–H groups in total. The molecule has 0 radical (unpaired) electrons. The largest absolute Gasteiger partial charge is 0.495 e. The van der Waals surface area contributed by atoms with Crippen molar-refractivity contribution in [3.63, 3.8) is 0 Å². The van der Waals surface area contributed by atoms with Crippen LogP contribution in [0.4, 0.5) is 5.69 Å². The zero-order chi connectivity index (χ0) is 11.7. The molecular formula is C14H20N2O. The first-order valence-corrected chi connectivity index (χ1v) is 6.55. The Morgan fingerprint density at radius 3 is 2.88 bits per heavy atom. The van der Waals surface area contributed by atoms with Crippen LogP contribution in [-0.2, 0) is 0 Å². The van der Waals surface area contributed by atoms with Crippen LogP contribution < -0.4 is 10.1 Å². The number of ether oxygens (including phenoxy) is 1. The molecule has 1 atom stereocenters. The summed E-state index contributed by atoms with van der Waals surface area (Å²) in [5.74, 6) is 0.978. The van der Waals surface area contributed by atoms with Crippen LogP contribution in [-0.4, -0.2) is 31.6 Å². The van der Waals surface area contributed by atoms with Crippen LogP contribution >= 0.6 is 0 Å². The van der Waals surface area contributed by atoms with Gasteiger partial charge in [-0.3, -0.25) is 4.90 Å². The van der Waals surface area contributed by atoms with Crippen LogP contribution in [0.15, 0.2) is 18.2 Å². The molecule has 0 aromatic heterocycles. The number of methoxy groups -OCH3 is 1. The second-order valence-corrected chi connectivity index (χ2v) is 4.90. The molecule has 2 aliphatic heterocycles. The highest BCUT2D eigenvalue weighted by atomic mass is 16.5. The normalized spacial score (nSPS) is 24.2. The fourth-order valence-electron chi connectivity index (χ4n) is 3.11. The number of rotatable bonds is 2. The first-order chi connectivity index (χ1) is 8.40. The number of para-hydroxylation sites is 1. The highest BCUT2D eigenvalue weighted by molar-refractivity contribution is 5.64. The smallest absolute Gasteiger partial charge is 0.142 e. The number of fused-ring (bicyclic) bond motifs is 1. The first kappa shape index (κ1) is 10.9. The van der Waals surface area contributed by atoms with Crippen molar-refractivity contribution in [2.24, 2.45) is 0 Å². The van der Waals surface area contributed by atoms with Crippen LogP contribution in [0, 0.1) is 0 Å². The molecule has 1 saturated heterocycles. The number of hydrogen-bond donors (Lipinski definition) is 1. The van der Waals surface area contributed by atoms with E-state index in [0.717, 1.165) is 12.3 Å². The summed E-state index contributed by atoms with van der Waals surface area (Å²) in [5.41, 5.74) is 2.62. The van der Waals surface area contributed by atoms with E-state index < -0.39 is 0 Å². The number of hydrogen-bond acceptors (Lipinski definition) is 3. The van der Waals surface area contributed by atoms with Gasteiger partial charge in [-0.15, -0.1) is 0 Å². The predicted molar refractivity (Wildman–Crippen MR) is 69.6 cm³/mol. The third-order valence-corrected chi connectivity index (χ3v) is 3.94. The Balaban J connectivity index is 1.95.